The van der Waals surface area contributed by atoms with Crippen molar-refractivity contribution in [1.29, 1.82) is 0 Å². The number of hydrogen-bond acceptors (Lipinski definition) is 6. The van der Waals surface area contributed by atoms with Crippen LogP contribution in [0.1, 0.15) is 37.2 Å². The van der Waals surface area contributed by atoms with Crippen LogP contribution in [0.25, 0.3) is 0 Å². The minimum Gasteiger partial charge on any atom is -0.444 e. The molecule has 8 nitrogen and oxygen atoms in total. The van der Waals surface area contributed by atoms with E-state index in [1.165, 1.54) is 15.5 Å². The van der Waals surface area contributed by atoms with Crippen LogP contribution in [-0.2, 0) is 14.8 Å². The summed E-state index contributed by atoms with van der Waals surface area (Å²) >= 11 is 0. The van der Waals surface area contributed by atoms with Crippen LogP contribution in [0.15, 0.2) is 6.07 Å². The van der Waals surface area contributed by atoms with Crippen LogP contribution in [0.5, 0.6) is 0 Å². The largest absolute Gasteiger partial charge is 0.444 e. The van der Waals surface area contributed by atoms with Gasteiger partial charge in [-0.3, -0.25) is 4.90 Å². The van der Waals surface area contributed by atoms with Crippen LogP contribution in [0.2, 0.25) is 0 Å². The molecule has 2 aliphatic heterocycles. The highest BCUT2D eigenvalue weighted by Gasteiger charge is 2.32. The van der Waals surface area contributed by atoms with Gasteiger partial charge in [-0.2, -0.15) is 0 Å². The van der Waals surface area contributed by atoms with Gasteiger partial charge in [-0.1, -0.05) is 0 Å². The standard InChI is InChI=1S/C15H22N4O4S/c1-10-9-19(15(20)23-10)14-8-13(16-11(2)17-14)12-4-6-18(7-5-12)24(3,21)22/h8,10,12H,4-7,9H2,1-3H3/t10-/m0/s1. The second kappa shape index (κ2) is 6.29. The van der Waals surface area contributed by atoms with Crippen LogP contribution in [0.4, 0.5) is 10.6 Å². The molecule has 1 amide bonds. The van der Waals surface area contributed by atoms with Gasteiger partial charge in [-0.05, 0) is 26.7 Å². The highest BCUT2D eigenvalue weighted by molar-refractivity contribution is 7.88. The molecular formula is C15H22N4O4S. The molecule has 0 unspecified atom stereocenters. The molecule has 3 heterocycles. The maximum atomic E-state index is 11.9. The van der Waals surface area contributed by atoms with E-state index in [0.717, 1.165) is 5.69 Å². The third-order valence-electron chi connectivity index (χ3n) is 4.42. The molecule has 132 valence electrons. The van der Waals surface area contributed by atoms with Gasteiger partial charge >= 0.3 is 6.09 Å². The first-order valence-electron chi connectivity index (χ1n) is 8.03. The molecule has 2 saturated heterocycles. The summed E-state index contributed by atoms with van der Waals surface area (Å²) in [6.07, 6.45) is 2.11. The predicted molar refractivity (Wildman–Crippen MR) is 88.4 cm³/mol. The molecule has 1 aromatic rings. The Labute approximate surface area is 141 Å². The fourth-order valence-electron chi connectivity index (χ4n) is 3.20. The maximum Gasteiger partial charge on any atom is 0.415 e. The topological polar surface area (TPSA) is 92.7 Å². The predicted octanol–water partition coefficient (Wildman–Crippen LogP) is 1.27. The van der Waals surface area contributed by atoms with Gasteiger partial charge in [0.05, 0.1) is 12.8 Å². The van der Waals surface area contributed by atoms with Crippen molar-refractivity contribution >= 4 is 21.9 Å². The van der Waals surface area contributed by atoms with Gasteiger partial charge in [-0.25, -0.2) is 27.5 Å². The summed E-state index contributed by atoms with van der Waals surface area (Å²) in [6, 6.07) is 1.83. The van der Waals surface area contributed by atoms with E-state index in [9.17, 15) is 13.2 Å². The average molecular weight is 354 g/mol. The number of anilines is 1. The Bertz CT molecular complexity index is 744. The maximum absolute atomic E-state index is 11.9. The highest BCUT2D eigenvalue weighted by atomic mass is 32.2. The number of aromatic nitrogens is 2. The summed E-state index contributed by atoms with van der Waals surface area (Å²) in [5.41, 5.74) is 0.859. The minimum atomic E-state index is -3.14. The van der Waals surface area contributed by atoms with Crippen molar-refractivity contribution in [3.8, 4) is 0 Å². The number of piperidine rings is 1. The normalized spacial score (nSPS) is 23.5. The molecule has 2 aliphatic rings. The molecular weight excluding hydrogens is 332 g/mol. The van der Waals surface area contributed by atoms with Crippen molar-refractivity contribution in [2.45, 2.75) is 38.7 Å². The Balaban J connectivity index is 1.79. The first-order valence-corrected chi connectivity index (χ1v) is 9.87. The van der Waals surface area contributed by atoms with E-state index >= 15 is 0 Å². The SMILES string of the molecule is Cc1nc(C2CCN(S(C)(=O)=O)CC2)cc(N2C[C@H](C)OC2=O)n1. The third-order valence-corrected chi connectivity index (χ3v) is 5.73. The van der Waals surface area contributed by atoms with Gasteiger partial charge in [0.1, 0.15) is 17.7 Å². The average Bonchev–Trinajstić information content (AvgIpc) is 2.84. The Hall–Kier alpha value is -1.74. The molecule has 0 spiro atoms. The molecule has 9 heteroatoms. The van der Waals surface area contributed by atoms with Crippen molar-refractivity contribution in [3.05, 3.63) is 17.6 Å². The summed E-state index contributed by atoms with van der Waals surface area (Å²) in [5, 5.41) is 0. The number of ether oxygens (including phenoxy) is 1. The zero-order chi connectivity index (χ0) is 17.5. The lowest BCUT2D eigenvalue weighted by molar-refractivity contribution is 0.150. The number of carbonyl (C=O) groups is 1. The van der Waals surface area contributed by atoms with Crippen molar-refractivity contribution < 1.29 is 17.9 Å². The fourth-order valence-corrected chi connectivity index (χ4v) is 4.07. The molecule has 0 bridgehead atoms. The van der Waals surface area contributed by atoms with Crippen LogP contribution in [0, 0.1) is 6.92 Å². The van der Waals surface area contributed by atoms with E-state index in [0.29, 0.717) is 44.1 Å². The van der Waals surface area contributed by atoms with E-state index in [1.807, 2.05) is 13.0 Å². The number of carbonyl (C=O) groups excluding carboxylic acids is 1. The first kappa shape index (κ1) is 17.1. The minimum absolute atomic E-state index is 0.158. The van der Waals surface area contributed by atoms with Gasteiger partial charge in [0, 0.05) is 30.8 Å². The Kier molecular flexibility index (Phi) is 4.48. The summed E-state index contributed by atoms with van der Waals surface area (Å²) in [4.78, 5) is 22.3. The number of sulfonamides is 1. The number of amides is 1. The zero-order valence-electron chi connectivity index (χ0n) is 14.1. The van der Waals surface area contributed by atoms with E-state index in [2.05, 4.69) is 9.97 Å². The van der Waals surface area contributed by atoms with Gasteiger partial charge in [0.15, 0.2) is 0 Å². The number of cyclic esters (lactones) is 1. The molecule has 1 atom stereocenters. The van der Waals surface area contributed by atoms with Crippen molar-refractivity contribution in [3.63, 3.8) is 0 Å². The van der Waals surface area contributed by atoms with Gasteiger partial charge in [0.2, 0.25) is 10.0 Å². The smallest absolute Gasteiger partial charge is 0.415 e. The van der Waals surface area contributed by atoms with Crippen LogP contribution in [-0.4, -0.2) is 60.8 Å². The molecule has 0 aromatic carbocycles. The number of nitrogens with zero attached hydrogens (tertiary/aromatic N) is 4. The Morgan fingerprint density at radius 2 is 1.92 bits per heavy atom. The van der Waals surface area contributed by atoms with E-state index in [1.54, 1.807) is 6.92 Å². The lowest BCUT2D eigenvalue weighted by Gasteiger charge is -2.30. The summed E-state index contributed by atoms with van der Waals surface area (Å²) in [5.74, 6) is 1.32. The Morgan fingerprint density at radius 3 is 2.46 bits per heavy atom. The number of hydrogen-bond donors (Lipinski definition) is 0. The fraction of sp³-hybridized carbons (Fsp3) is 0.667. The second-order valence-electron chi connectivity index (χ2n) is 6.44. The van der Waals surface area contributed by atoms with E-state index in [-0.39, 0.29) is 12.0 Å². The molecule has 0 saturated carbocycles. The lowest BCUT2D eigenvalue weighted by atomic mass is 9.94. The molecule has 0 aliphatic carbocycles. The van der Waals surface area contributed by atoms with Gasteiger partial charge in [0.25, 0.3) is 0 Å². The van der Waals surface area contributed by atoms with Gasteiger partial charge < -0.3 is 4.74 Å². The second-order valence-corrected chi connectivity index (χ2v) is 8.42. The third kappa shape index (κ3) is 3.51. The van der Waals surface area contributed by atoms with Crippen molar-refractivity contribution in [2.75, 3.05) is 30.8 Å². The van der Waals surface area contributed by atoms with E-state index < -0.39 is 16.1 Å². The van der Waals surface area contributed by atoms with Crippen LogP contribution < -0.4 is 4.90 Å². The van der Waals surface area contributed by atoms with Gasteiger partial charge in [-0.15, -0.1) is 0 Å². The molecule has 24 heavy (non-hydrogen) atoms. The van der Waals surface area contributed by atoms with Crippen LogP contribution in [0.3, 0.4) is 0 Å². The lowest BCUT2D eigenvalue weighted by Crippen LogP contribution is -2.37. The number of rotatable bonds is 3. The molecule has 3 rings (SSSR count). The highest BCUT2D eigenvalue weighted by Crippen LogP contribution is 2.30. The first-order chi connectivity index (χ1) is 11.2. The van der Waals surface area contributed by atoms with Crippen LogP contribution >= 0.6 is 0 Å². The quantitative estimate of drug-likeness (QED) is 0.811. The van der Waals surface area contributed by atoms with Crippen molar-refractivity contribution in [2.24, 2.45) is 0 Å². The summed E-state index contributed by atoms with van der Waals surface area (Å²) < 4.78 is 29.9. The monoisotopic (exact) mass is 354 g/mol. The zero-order valence-corrected chi connectivity index (χ0v) is 14.9. The number of aryl methyl sites for hydroxylation is 1. The Morgan fingerprint density at radius 1 is 1.25 bits per heavy atom. The molecule has 0 radical (unpaired) electrons. The summed E-state index contributed by atoms with van der Waals surface area (Å²) in [6.45, 7) is 5.09. The summed E-state index contributed by atoms with van der Waals surface area (Å²) in [7, 11) is -3.14. The van der Waals surface area contributed by atoms with E-state index in [4.69, 9.17) is 4.74 Å². The molecule has 0 N–H and O–H groups in total. The molecule has 1 aromatic heterocycles. The van der Waals surface area contributed by atoms with Crippen molar-refractivity contribution in [1.82, 2.24) is 14.3 Å². The molecule has 2 fully saturated rings.